The summed E-state index contributed by atoms with van der Waals surface area (Å²) in [6.07, 6.45) is 5.34. The lowest BCUT2D eigenvalue weighted by molar-refractivity contribution is -0.122. The van der Waals surface area contributed by atoms with Crippen molar-refractivity contribution in [2.45, 2.75) is 45.1 Å². The van der Waals surface area contributed by atoms with Crippen LogP contribution in [0.4, 0.5) is 0 Å². The molecule has 0 radical (unpaired) electrons. The first kappa shape index (κ1) is 20.0. The molecule has 2 N–H and O–H groups in total. The number of hydrogen-bond acceptors (Lipinski definition) is 3. The average molecular weight is 326 g/mol. The van der Waals surface area contributed by atoms with Crippen LogP contribution in [0.2, 0.25) is 0 Å². The summed E-state index contributed by atoms with van der Waals surface area (Å²) in [4.78, 5) is 14.3. The molecule has 0 aromatic heterocycles. The molecule has 0 saturated carbocycles. The van der Waals surface area contributed by atoms with Crippen LogP contribution in [-0.2, 0) is 4.79 Å². The van der Waals surface area contributed by atoms with Crippen LogP contribution in [0.25, 0.3) is 0 Å². The van der Waals surface area contributed by atoms with E-state index in [0.29, 0.717) is 18.4 Å². The molecule has 2 rings (SSSR count). The number of rotatable bonds is 5. The molecular weight excluding hydrogens is 297 g/mol. The lowest BCUT2D eigenvalue weighted by atomic mass is 10.0. The molecule has 4 nitrogen and oxygen atoms in total. The second-order valence-electron chi connectivity index (χ2n) is 5.70. The van der Waals surface area contributed by atoms with Crippen molar-refractivity contribution in [3.63, 3.8) is 0 Å². The van der Waals surface area contributed by atoms with Gasteiger partial charge >= 0.3 is 0 Å². The van der Waals surface area contributed by atoms with Gasteiger partial charge in [-0.15, -0.1) is 24.8 Å². The second-order valence-corrected chi connectivity index (χ2v) is 5.70. The standard InChI is InChI=1S/C14H27N3O.2ClH/c1-2-17-9-3-4-13(11-17)16-14(18)6-5-12-7-8-15-10-12;;/h12-13,15H,2-11H2,1H3,(H,16,18);2*1H. The summed E-state index contributed by atoms with van der Waals surface area (Å²) >= 11 is 0. The molecule has 0 spiro atoms. The molecule has 0 aromatic rings. The Balaban J connectivity index is 0.00000180. The number of carbonyl (C=O) groups is 1. The van der Waals surface area contributed by atoms with Crippen LogP contribution in [0.3, 0.4) is 0 Å². The highest BCUT2D eigenvalue weighted by Gasteiger charge is 2.21. The van der Waals surface area contributed by atoms with Crippen LogP contribution in [-0.4, -0.2) is 49.6 Å². The summed E-state index contributed by atoms with van der Waals surface area (Å²) in [6, 6.07) is 0.382. The van der Waals surface area contributed by atoms with E-state index in [1.54, 1.807) is 0 Å². The Kier molecular flexibility index (Phi) is 10.6. The monoisotopic (exact) mass is 325 g/mol. The molecule has 20 heavy (non-hydrogen) atoms. The Labute approximate surface area is 135 Å². The van der Waals surface area contributed by atoms with Gasteiger partial charge in [0.2, 0.25) is 5.91 Å². The summed E-state index contributed by atoms with van der Waals surface area (Å²) in [6.45, 7) is 7.74. The molecule has 2 saturated heterocycles. The van der Waals surface area contributed by atoms with Crippen molar-refractivity contribution in [2.75, 3.05) is 32.7 Å². The van der Waals surface area contributed by atoms with Gasteiger partial charge in [-0.3, -0.25) is 4.79 Å². The highest BCUT2D eigenvalue weighted by Crippen LogP contribution is 2.15. The van der Waals surface area contributed by atoms with Crippen molar-refractivity contribution < 1.29 is 4.79 Å². The third kappa shape index (κ3) is 6.61. The smallest absolute Gasteiger partial charge is 0.220 e. The first-order chi connectivity index (χ1) is 8.78. The number of halogens is 2. The fourth-order valence-corrected chi connectivity index (χ4v) is 3.06. The highest BCUT2D eigenvalue weighted by molar-refractivity contribution is 5.85. The minimum absolute atomic E-state index is 0. The molecule has 0 bridgehead atoms. The number of likely N-dealkylation sites (tertiary alicyclic amines) is 1. The van der Waals surface area contributed by atoms with E-state index in [2.05, 4.69) is 22.5 Å². The van der Waals surface area contributed by atoms with E-state index in [-0.39, 0.29) is 30.7 Å². The largest absolute Gasteiger partial charge is 0.352 e. The van der Waals surface area contributed by atoms with Crippen molar-refractivity contribution in [3.05, 3.63) is 0 Å². The van der Waals surface area contributed by atoms with Crippen molar-refractivity contribution in [2.24, 2.45) is 5.92 Å². The maximum absolute atomic E-state index is 11.9. The SMILES string of the molecule is CCN1CCCC(NC(=O)CCC2CCNC2)C1.Cl.Cl. The second kappa shape index (κ2) is 10.7. The highest BCUT2D eigenvalue weighted by atomic mass is 35.5. The zero-order valence-corrected chi connectivity index (χ0v) is 14.0. The van der Waals surface area contributed by atoms with E-state index in [9.17, 15) is 4.79 Å². The Morgan fingerprint density at radius 1 is 1.35 bits per heavy atom. The minimum atomic E-state index is 0. The van der Waals surface area contributed by atoms with Gasteiger partial charge in [0.15, 0.2) is 0 Å². The van der Waals surface area contributed by atoms with Gasteiger partial charge in [0.1, 0.15) is 0 Å². The number of hydrogen-bond donors (Lipinski definition) is 2. The summed E-state index contributed by atoms with van der Waals surface area (Å²) in [7, 11) is 0. The van der Waals surface area contributed by atoms with Gasteiger partial charge in [0.05, 0.1) is 0 Å². The van der Waals surface area contributed by atoms with Crippen molar-refractivity contribution in [1.29, 1.82) is 0 Å². The number of nitrogens with zero attached hydrogens (tertiary/aromatic N) is 1. The van der Waals surface area contributed by atoms with E-state index in [0.717, 1.165) is 39.0 Å². The minimum Gasteiger partial charge on any atom is -0.352 e. The van der Waals surface area contributed by atoms with Crippen LogP contribution in [0, 0.1) is 5.92 Å². The Morgan fingerprint density at radius 3 is 2.80 bits per heavy atom. The molecule has 1 amide bonds. The van der Waals surface area contributed by atoms with Crippen LogP contribution in [0.15, 0.2) is 0 Å². The summed E-state index contributed by atoms with van der Waals surface area (Å²) in [5.41, 5.74) is 0. The molecule has 2 fully saturated rings. The van der Waals surface area contributed by atoms with Crippen molar-refractivity contribution in [3.8, 4) is 0 Å². The topological polar surface area (TPSA) is 44.4 Å². The third-order valence-electron chi connectivity index (χ3n) is 4.26. The van der Waals surface area contributed by atoms with Gasteiger partial charge in [-0.1, -0.05) is 6.92 Å². The van der Waals surface area contributed by atoms with Gasteiger partial charge in [-0.05, 0) is 57.8 Å². The molecule has 2 aliphatic rings. The predicted molar refractivity (Wildman–Crippen MR) is 88.0 cm³/mol. The lowest BCUT2D eigenvalue weighted by Gasteiger charge is -2.32. The summed E-state index contributed by atoms with van der Waals surface area (Å²) in [5.74, 6) is 0.971. The maximum atomic E-state index is 11.9. The van der Waals surface area contributed by atoms with E-state index in [4.69, 9.17) is 0 Å². The predicted octanol–water partition coefficient (Wildman–Crippen LogP) is 1.82. The molecule has 2 aliphatic heterocycles. The third-order valence-corrected chi connectivity index (χ3v) is 4.26. The molecule has 2 heterocycles. The molecular formula is C14H29Cl2N3O. The number of amides is 1. The molecule has 2 unspecified atom stereocenters. The number of carbonyl (C=O) groups excluding carboxylic acids is 1. The van der Waals surface area contributed by atoms with Crippen LogP contribution in [0.5, 0.6) is 0 Å². The number of piperidine rings is 1. The fourth-order valence-electron chi connectivity index (χ4n) is 3.06. The van der Waals surface area contributed by atoms with Crippen LogP contribution < -0.4 is 10.6 Å². The molecule has 120 valence electrons. The van der Waals surface area contributed by atoms with E-state index in [1.165, 1.54) is 19.4 Å². The zero-order chi connectivity index (χ0) is 12.8. The zero-order valence-electron chi connectivity index (χ0n) is 12.4. The summed E-state index contributed by atoms with van der Waals surface area (Å²) in [5, 5.41) is 6.56. The quantitative estimate of drug-likeness (QED) is 0.810. The summed E-state index contributed by atoms with van der Waals surface area (Å²) < 4.78 is 0. The molecule has 2 atom stereocenters. The molecule has 0 aliphatic carbocycles. The van der Waals surface area contributed by atoms with E-state index < -0.39 is 0 Å². The number of likely N-dealkylation sites (N-methyl/N-ethyl adjacent to an activating group) is 1. The Bertz CT molecular complexity index is 273. The van der Waals surface area contributed by atoms with Gasteiger partial charge in [0.25, 0.3) is 0 Å². The number of nitrogens with one attached hydrogen (secondary N) is 2. The van der Waals surface area contributed by atoms with Crippen molar-refractivity contribution in [1.82, 2.24) is 15.5 Å². The Morgan fingerprint density at radius 2 is 2.15 bits per heavy atom. The van der Waals surface area contributed by atoms with E-state index in [1.807, 2.05) is 0 Å². The Hall–Kier alpha value is -0.0300. The fraction of sp³-hybridized carbons (Fsp3) is 0.929. The lowest BCUT2D eigenvalue weighted by Crippen LogP contribution is -2.47. The van der Waals surface area contributed by atoms with Gasteiger partial charge < -0.3 is 15.5 Å². The van der Waals surface area contributed by atoms with Gasteiger partial charge in [0, 0.05) is 19.0 Å². The normalized spacial score (nSPS) is 26.4. The van der Waals surface area contributed by atoms with Crippen molar-refractivity contribution >= 4 is 30.7 Å². The first-order valence-corrected chi connectivity index (χ1v) is 7.50. The van der Waals surface area contributed by atoms with Crippen LogP contribution >= 0.6 is 24.8 Å². The molecule has 6 heteroatoms. The molecule has 0 aromatic carbocycles. The first-order valence-electron chi connectivity index (χ1n) is 7.50. The van der Waals surface area contributed by atoms with E-state index >= 15 is 0 Å². The van der Waals surface area contributed by atoms with Gasteiger partial charge in [-0.25, -0.2) is 0 Å². The van der Waals surface area contributed by atoms with Crippen LogP contribution in [0.1, 0.15) is 39.0 Å². The maximum Gasteiger partial charge on any atom is 0.220 e. The average Bonchev–Trinajstić information content (AvgIpc) is 2.90. The van der Waals surface area contributed by atoms with Gasteiger partial charge in [-0.2, -0.15) is 0 Å².